The van der Waals surface area contributed by atoms with Crippen molar-refractivity contribution < 1.29 is 9.59 Å². The number of allylic oxidation sites excluding steroid dienone is 1. The summed E-state index contributed by atoms with van der Waals surface area (Å²) >= 11 is 0. The summed E-state index contributed by atoms with van der Waals surface area (Å²) in [6, 6.07) is 0. The summed E-state index contributed by atoms with van der Waals surface area (Å²) in [5.41, 5.74) is 1.90. The van der Waals surface area contributed by atoms with Crippen molar-refractivity contribution in [3.8, 4) is 0 Å². The zero-order chi connectivity index (χ0) is 23.7. The minimum Gasteiger partial charge on any atom is -0.303 e. The number of rotatable bonds is 4. The summed E-state index contributed by atoms with van der Waals surface area (Å²) < 4.78 is 0. The van der Waals surface area contributed by atoms with Gasteiger partial charge in [-0.2, -0.15) is 0 Å². The molecule has 32 heavy (non-hydrogen) atoms. The molecule has 0 heterocycles. The van der Waals surface area contributed by atoms with Crippen LogP contribution in [-0.2, 0) is 9.59 Å². The van der Waals surface area contributed by atoms with Gasteiger partial charge in [0.25, 0.3) is 0 Å². The Morgan fingerprint density at radius 3 is 2.25 bits per heavy atom. The van der Waals surface area contributed by atoms with Crippen LogP contribution in [0, 0.1) is 57.2 Å². The molecular weight excluding hydrogens is 392 g/mol. The normalized spacial score (nSPS) is 48.7. The Morgan fingerprint density at radius 2 is 1.66 bits per heavy atom. The van der Waals surface area contributed by atoms with E-state index in [0.717, 1.165) is 25.7 Å². The first kappa shape index (κ1) is 24.2. The van der Waals surface area contributed by atoms with Crippen LogP contribution in [-0.4, -0.2) is 12.1 Å². The van der Waals surface area contributed by atoms with Gasteiger partial charge >= 0.3 is 0 Å². The largest absolute Gasteiger partial charge is 0.303 e. The molecule has 0 spiro atoms. The molecule has 2 nitrogen and oxygen atoms in total. The van der Waals surface area contributed by atoms with E-state index in [0.29, 0.717) is 35.4 Å². The molecule has 0 aliphatic heterocycles. The summed E-state index contributed by atoms with van der Waals surface area (Å²) in [7, 11) is 0. The fraction of sp³-hybridized carbons (Fsp3) is 0.867. The molecule has 3 unspecified atom stereocenters. The molecule has 9 atom stereocenters. The second-order valence-corrected chi connectivity index (χ2v) is 13.6. The molecule has 0 aromatic heterocycles. The first-order chi connectivity index (χ1) is 14.9. The van der Waals surface area contributed by atoms with Gasteiger partial charge in [-0.05, 0) is 104 Å². The molecule has 0 radical (unpaired) electrons. The summed E-state index contributed by atoms with van der Waals surface area (Å²) in [4.78, 5) is 25.1. The quantitative estimate of drug-likeness (QED) is 0.332. The van der Waals surface area contributed by atoms with E-state index in [9.17, 15) is 9.59 Å². The Kier molecular flexibility index (Phi) is 5.91. The highest BCUT2D eigenvalue weighted by molar-refractivity contribution is 5.85. The number of hydrogen-bond acceptors (Lipinski definition) is 2. The van der Waals surface area contributed by atoms with Gasteiger partial charge in [-0.3, -0.25) is 4.79 Å². The molecule has 0 saturated heterocycles. The minimum absolute atomic E-state index is 0.183. The third-order valence-electron chi connectivity index (χ3n) is 12.4. The number of fused-ring (bicyclic) bond motifs is 5. The molecule has 4 fully saturated rings. The first-order valence-electron chi connectivity index (χ1n) is 13.5. The predicted octanol–water partition coefficient (Wildman–Crippen LogP) is 7.66. The van der Waals surface area contributed by atoms with E-state index < -0.39 is 0 Å². The average Bonchev–Trinajstić information content (AvgIpc) is 2.72. The molecule has 180 valence electrons. The van der Waals surface area contributed by atoms with Gasteiger partial charge in [0.2, 0.25) is 0 Å². The monoisotopic (exact) mass is 440 g/mol. The lowest BCUT2D eigenvalue weighted by molar-refractivity contribution is -0.227. The fourth-order valence-corrected chi connectivity index (χ4v) is 10.5. The lowest BCUT2D eigenvalue weighted by Gasteiger charge is -2.71. The molecule has 2 heteroatoms. The van der Waals surface area contributed by atoms with Gasteiger partial charge in [0.15, 0.2) is 0 Å². The maximum Gasteiger partial charge on any atom is 0.138 e. The lowest BCUT2D eigenvalue weighted by Crippen LogP contribution is -2.65. The molecule has 4 aliphatic carbocycles. The van der Waals surface area contributed by atoms with E-state index in [1.807, 2.05) is 0 Å². The molecular formula is C30H48O2. The second-order valence-electron chi connectivity index (χ2n) is 13.6. The molecule has 0 N–H and O–H groups in total. The molecule has 4 saturated carbocycles. The molecule has 0 amide bonds. The second kappa shape index (κ2) is 7.81. The lowest BCUT2D eigenvalue weighted by atomic mass is 9.33. The zero-order valence-corrected chi connectivity index (χ0v) is 21.9. The van der Waals surface area contributed by atoms with Crippen LogP contribution < -0.4 is 0 Å². The van der Waals surface area contributed by atoms with Crippen molar-refractivity contribution in [2.45, 2.75) is 106 Å². The van der Waals surface area contributed by atoms with E-state index in [1.165, 1.54) is 44.0 Å². The Hall–Kier alpha value is -0.920. The van der Waals surface area contributed by atoms with Crippen LogP contribution in [0.4, 0.5) is 0 Å². The van der Waals surface area contributed by atoms with Crippen LogP contribution in [0.3, 0.4) is 0 Å². The molecule has 0 aromatic carbocycles. The zero-order valence-electron chi connectivity index (χ0n) is 21.9. The van der Waals surface area contributed by atoms with Crippen LogP contribution in [0.5, 0.6) is 0 Å². The van der Waals surface area contributed by atoms with Crippen molar-refractivity contribution in [3.63, 3.8) is 0 Å². The van der Waals surface area contributed by atoms with Gasteiger partial charge in [-0.25, -0.2) is 0 Å². The Labute approximate surface area is 197 Å². The van der Waals surface area contributed by atoms with E-state index >= 15 is 0 Å². The van der Waals surface area contributed by atoms with Gasteiger partial charge in [0, 0.05) is 17.8 Å². The van der Waals surface area contributed by atoms with Crippen LogP contribution in [0.2, 0.25) is 0 Å². The number of carbonyl (C=O) groups is 2. The fourth-order valence-electron chi connectivity index (χ4n) is 10.5. The van der Waals surface area contributed by atoms with E-state index in [-0.39, 0.29) is 27.6 Å². The van der Waals surface area contributed by atoms with Gasteiger partial charge in [-0.1, -0.05) is 53.7 Å². The number of carbonyl (C=O) groups excluding carboxylic acids is 2. The number of Topliss-reactive ketones (excluding diaryl/α,β-unsaturated/α-hetero) is 1. The van der Waals surface area contributed by atoms with Gasteiger partial charge in [0.1, 0.15) is 12.1 Å². The Morgan fingerprint density at radius 1 is 1.00 bits per heavy atom. The topological polar surface area (TPSA) is 34.1 Å². The maximum absolute atomic E-state index is 12.9. The molecule has 0 bridgehead atoms. The summed E-state index contributed by atoms with van der Waals surface area (Å²) in [6.07, 6.45) is 11.4. The van der Waals surface area contributed by atoms with Crippen molar-refractivity contribution in [1.29, 1.82) is 0 Å². The third kappa shape index (κ3) is 3.02. The average molecular weight is 441 g/mol. The molecule has 0 aromatic rings. The third-order valence-corrected chi connectivity index (χ3v) is 12.4. The number of hydrogen-bond donors (Lipinski definition) is 0. The van der Waals surface area contributed by atoms with Crippen LogP contribution >= 0.6 is 0 Å². The van der Waals surface area contributed by atoms with Crippen molar-refractivity contribution in [2.24, 2.45) is 57.2 Å². The van der Waals surface area contributed by atoms with Crippen molar-refractivity contribution >= 4 is 12.1 Å². The first-order valence-corrected chi connectivity index (χ1v) is 13.5. The summed E-state index contributed by atoms with van der Waals surface area (Å²) in [5.74, 6) is 3.37. The van der Waals surface area contributed by atoms with Crippen molar-refractivity contribution in [1.82, 2.24) is 0 Å². The predicted molar refractivity (Wildman–Crippen MR) is 132 cm³/mol. The van der Waals surface area contributed by atoms with Crippen molar-refractivity contribution in [2.75, 3.05) is 0 Å². The number of ketones is 1. The van der Waals surface area contributed by atoms with Gasteiger partial charge in [0.05, 0.1) is 0 Å². The van der Waals surface area contributed by atoms with E-state index in [1.54, 1.807) is 0 Å². The molecule has 4 rings (SSSR count). The van der Waals surface area contributed by atoms with E-state index in [4.69, 9.17) is 0 Å². The van der Waals surface area contributed by atoms with E-state index in [2.05, 4.69) is 55.0 Å². The van der Waals surface area contributed by atoms with Crippen LogP contribution in [0.1, 0.15) is 106 Å². The highest BCUT2D eigenvalue weighted by atomic mass is 16.1. The van der Waals surface area contributed by atoms with Gasteiger partial charge < -0.3 is 4.79 Å². The highest BCUT2D eigenvalue weighted by Gasteiger charge is 2.68. The standard InChI is InChI=1S/C30H48O2/c1-9-21(19(2)3)26-20(18-31)12-16-29(7)22(26)10-11-24-28(6)15-14-25(32)27(4,5)23(28)13-17-30(24,29)8/h18,20-24,26H,2,9-17H2,1,3-8H3/t20?,21?,22-,23+,24-,26?,28+,29-,30-/m1/s1. The van der Waals surface area contributed by atoms with Crippen LogP contribution in [0.25, 0.3) is 0 Å². The smallest absolute Gasteiger partial charge is 0.138 e. The molecule has 4 aliphatic rings. The van der Waals surface area contributed by atoms with Gasteiger partial charge in [-0.15, -0.1) is 0 Å². The summed E-state index contributed by atoms with van der Waals surface area (Å²) in [5, 5.41) is 0. The Balaban J connectivity index is 1.76. The highest BCUT2D eigenvalue weighted by Crippen LogP contribution is 2.74. The minimum atomic E-state index is -0.183. The SMILES string of the molecule is C=C(C)C(CC)C1C(C=O)CC[C@]2(C)[C@@H]1CC[C@@H]1[C@@]3(C)CCC(=O)C(C)(C)[C@@H]3CC[C@]12C. The van der Waals surface area contributed by atoms with Crippen molar-refractivity contribution in [3.05, 3.63) is 12.2 Å². The summed E-state index contributed by atoms with van der Waals surface area (Å²) in [6.45, 7) is 21.1. The maximum atomic E-state index is 12.9. The number of aldehydes is 1. The van der Waals surface area contributed by atoms with Crippen LogP contribution in [0.15, 0.2) is 12.2 Å². The Bertz CT molecular complexity index is 795.